The number of nitrogens with zero attached hydrogens (tertiary/aromatic N) is 7. The van der Waals surface area contributed by atoms with E-state index in [1.807, 2.05) is 19.3 Å². The van der Waals surface area contributed by atoms with E-state index in [0.717, 1.165) is 6.42 Å². The number of piperidine rings is 1. The van der Waals surface area contributed by atoms with Crippen molar-refractivity contribution in [2.24, 2.45) is 19.5 Å². The number of carbonyl (C=O) groups excluding carboxylic acids is 2. The number of hydrogen-bond acceptors (Lipinski definition) is 5. The Morgan fingerprint density at radius 1 is 1.08 bits per heavy atom. The average molecular weight is 343 g/mol. The number of aromatic nitrogens is 5. The van der Waals surface area contributed by atoms with Crippen molar-refractivity contribution in [3.63, 3.8) is 0 Å². The van der Waals surface area contributed by atoms with Gasteiger partial charge in [0.05, 0.1) is 5.41 Å². The van der Waals surface area contributed by atoms with E-state index in [0.29, 0.717) is 38.3 Å². The van der Waals surface area contributed by atoms with Crippen molar-refractivity contribution in [1.82, 2.24) is 29.4 Å². The van der Waals surface area contributed by atoms with Crippen molar-refractivity contribution >= 4 is 17.6 Å². The summed E-state index contributed by atoms with van der Waals surface area (Å²) in [5.74, 6) is 0.892. The van der Waals surface area contributed by atoms with Crippen LogP contribution in [-0.4, -0.2) is 60.9 Å². The highest BCUT2D eigenvalue weighted by molar-refractivity contribution is 5.99. The maximum atomic E-state index is 13.0. The van der Waals surface area contributed by atoms with E-state index in [1.54, 1.807) is 21.5 Å². The first-order valence-corrected chi connectivity index (χ1v) is 8.45. The predicted octanol–water partition coefficient (Wildman–Crippen LogP) is 0.208. The van der Waals surface area contributed by atoms with Crippen LogP contribution in [0.5, 0.6) is 0 Å². The maximum Gasteiger partial charge on any atom is 0.293 e. The molecule has 2 fully saturated rings. The van der Waals surface area contributed by atoms with Gasteiger partial charge in [0.15, 0.2) is 5.82 Å². The molecule has 2 aromatic rings. The molecule has 0 atom stereocenters. The molecule has 0 unspecified atom stereocenters. The highest BCUT2D eigenvalue weighted by Gasteiger charge is 2.49. The summed E-state index contributed by atoms with van der Waals surface area (Å²) >= 11 is 0. The molecule has 0 aliphatic carbocycles. The molecule has 2 aliphatic rings. The molecule has 2 saturated heterocycles. The van der Waals surface area contributed by atoms with Gasteiger partial charge in [0, 0.05) is 46.0 Å². The van der Waals surface area contributed by atoms with Crippen LogP contribution in [0.1, 0.15) is 29.9 Å². The van der Waals surface area contributed by atoms with E-state index < -0.39 is 0 Å². The SMILES string of the molecule is Cn1ccc(N2CCC3(CCN(C(=O)c4ncn(C)n4)CC3)C2=O)n1. The quantitative estimate of drug-likeness (QED) is 0.777. The van der Waals surface area contributed by atoms with Gasteiger partial charge in [-0.2, -0.15) is 5.10 Å². The van der Waals surface area contributed by atoms with Crippen molar-refractivity contribution < 1.29 is 9.59 Å². The van der Waals surface area contributed by atoms with E-state index in [1.165, 1.54) is 11.0 Å². The van der Waals surface area contributed by atoms with Gasteiger partial charge in [-0.1, -0.05) is 0 Å². The van der Waals surface area contributed by atoms with E-state index in [9.17, 15) is 9.59 Å². The summed E-state index contributed by atoms with van der Waals surface area (Å²) in [6.07, 6.45) is 5.52. The Morgan fingerprint density at radius 3 is 2.40 bits per heavy atom. The van der Waals surface area contributed by atoms with Crippen molar-refractivity contribution in [2.75, 3.05) is 24.5 Å². The summed E-state index contributed by atoms with van der Waals surface area (Å²) in [5.41, 5.74) is -0.369. The van der Waals surface area contributed by atoms with Crippen LogP contribution in [0.4, 0.5) is 5.82 Å². The minimum Gasteiger partial charge on any atom is -0.336 e. The summed E-state index contributed by atoms with van der Waals surface area (Å²) in [7, 11) is 3.58. The van der Waals surface area contributed by atoms with Crippen LogP contribution in [0.25, 0.3) is 0 Å². The van der Waals surface area contributed by atoms with Crippen molar-refractivity contribution in [3.8, 4) is 0 Å². The molecule has 25 heavy (non-hydrogen) atoms. The highest BCUT2D eigenvalue weighted by atomic mass is 16.2. The maximum absolute atomic E-state index is 13.0. The minimum atomic E-state index is -0.369. The molecular formula is C16H21N7O2. The monoisotopic (exact) mass is 343 g/mol. The summed E-state index contributed by atoms with van der Waals surface area (Å²) in [6.45, 7) is 1.80. The van der Waals surface area contributed by atoms with Gasteiger partial charge in [-0.15, -0.1) is 5.10 Å². The Labute approximate surface area is 145 Å². The standard InChI is InChI=1S/C16H21N7O2/c1-20-7-3-12(18-20)23-10-6-16(15(23)25)4-8-22(9-5-16)14(24)13-17-11-21(2)19-13/h3,7,11H,4-6,8-10H2,1-2H3. The first-order valence-electron chi connectivity index (χ1n) is 8.45. The molecular weight excluding hydrogens is 322 g/mol. The third-order valence-electron chi connectivity index (χ3n) is 5.29. The molecule has 9 heteroatoms. The molecule has 0 bridgehead atoms. The van der Waals surface area contributed by atoms with Gasteiger partial charge < -0.3 is 4.90 Å². The fourth-order valence-electron chi connectivity index (χ4n) is 3.77. The molecule has 2 amide bonds. The van der Waals surface area contributed by atoms with Gasteiger partial charge in [-0.3, -0.25) is 23.9 Å². The van der Waals surface area contributed by atoms with Crippen molar-refractivity contribution in [1.29, 1.82) is 0 Å². The fraction of sp³-hybridized carbons (Fsp3) is 0.562. The zero-order valence-electron chi connectivity index (χ0n) is 14.4. The smallest absolute Gasteiger partial charge is 0.293 e. The lowest BCUT2D eigenvalue weighted by molar-refractivity contribution is -0.127. The Kier molecular flexibility index (Phi) is 3.59. The second-order valence-corrected chi connectivity index (χ2v) is 6.87. The van der Waals surface area contributed by atoms with Crippen molar-refractivity contribution in [2.45, 2.75) is 19.3 Å². The van der Waals surface area contributed by atoms with Gasteiger partial charge in [0.25, 0.3) is 5.91 Å². The molecule has 0 saturated carbocycles. The van der Waals surface area contributed by atoms with Crippen LogP contribution in [0, 0.1) is 5.41 Å². The molecule has 132 valence electrons. The highest BCUT2D eigenvalue weighted by Crippen LogP contribution is 2.42. The zero-order chi connectivity index (χ0) is 17.6. The molecule has 2 aliphatic heterocycles. The normalized spacial score (nSPS) is 19.8. The zero-order valence-corrected chi connectivity index (χ0v) is 14.4. The summed E-state index contributed by atoms with van der Waals surface area (Å²) < 4.78 is 3.22. The molecule has 2 aromatic heterocycles. The van der Waals surface area contributed by atoms with Gasteiger partial charge >= 0.3 is 0 Å². The summed E-state index contributed by atoms with van der Waals surface area (Å²) in [4.78, 5) is 33.0. The average Bonchev–Trinajstić information content (AvgIpc) is 3.30. The number of aryl methyl sites for hydroxylation is 2. The number of hydrogen-bond donors (Lipinski definition) is 0. The predicted molar refractivity (Wildman–Crippen MR) is 88.8 cm³/mol. The molecule has 0 aromatic carbocycles. The van der Waals surface area contributed by atoms with E-state index in [-0.39, 0.29) is 23.1 Å². The second-order valence-electron chi connectivity index (χ2n) is 6.87. The van der Waals surface area contributed by atoms with Crippen LogP contribution in [0.15, 0.2) is 18.6 Å². The van der Waals surface area contributed by atoms with E-state index in [4.69, 9.17) is 0 Å². The van der Waals surface area contributed by atoms with Crippen LogP contribution < -0.4 is 4.90 Å². The number of anilines is 1. The van der Waals surface area contributed by atoms with Gasteiger partial charge in [0.1, 0.15) is 6.33 Å². The fourth-order valence-corrected chi connectivity index (χ4v) is 3.77. The minimum absolute atomic E-state index is 0.134. The lowest BCUT2D eigenvalue weighted by Gasteiger charge is -2.37. The van der Waals surface area contributed by atoms with Gasteiger partial charge in [0.2, 0.25) is 11.7 Å². The third-order valence-corrected chi connectivity index (χ3v) is 5.29. The van der Waals surface area contributed by atoms with Crippen LogP contribution in [0.3, 0.4) is 0 Å². The molecule has 9 nitrogen and oxygen atoms in total. The molecule has 0 radical (unpaired) electrons. The van der Waals surface area contributed by atoms with Crippen molar-refractivity contribution in [3.05, 3.63) is 24.4 Å². The first kappa shape index (κ1) is 15.8. The number of likely N-dealkylation sites (tertiary alicyclic amines) is 1. The molecule has 4 rings (SSSR count). The lowest BCUT2D eigenvalue weighted by atomic mass is 9.77. The number of amides is 2. The lowest BCUT2D eigenvalue weighted by Crippen LogP contribution is -2.47. The molecule has 1 spiro atoms. The number of carbonyl (C=O) groups is 2. The van der Waals surface area contributed by atoms with E-state index in [2.05, 4.69) is 15.2 Å². The largest absolute Gasteiger partial charge is 0.336 e. The Bertz CT molecular complexity index is 816. The molecule has 4 heterocycles. The van der Waals surface area contributed by atoms with Gasteiger partial charge in [-0.05, 0) is 19.3 Å². The van der Waals surface area contributed by atoms with E-state index >= 15 is 0 Å². The van der Waals surface area contributed by atoms with Crippen LogP contribution >= 0.6 is 0 Å². The topological polar surface area (TPSA) is 89.2 Å². The van der Waals surface area contributed by atoms with Crippen LogP contribution in [-0.2, 0) is 18.9 Å². The first-order chi connectivity index (χ1) is 12.0. The number of rotatable bonds is 2. The Hall–Kier alpha value is -2.71. The molecule has 0 N–H and O–H groups in total. The van der Waals surface area contributed by atoms with Gasteiger partial charge in [-0.25, -0.2) is 4.98 Å². The summed E-state index contributed by atoms with van der Waals surface area (Å²) in [6, 6.07) is 1.86. The third kappa shape index (κ3) is 2.59. The van der Waals surface area contributed by atoms with Crippen LogP contribution in [0.2, 0.25) is 0 Å². The Morgan fingerprint density at radius 2 is 1.80 bits per heavy atom. The summed E-state index contributed by atoms with van der Waals surface area (Å²) in [5, 5.41) is 8.42. The Balaban J connectivity index is 1.44. The second kappa shape index (κ2) is 5.68.